The fourth-order valence-electron chi connectivity index (χ4n) is 2.20. The zero-order valence-electron chi connectivity index (χ0n) is 11.3. The highest BCUT2D eigenvalue weighted by Gasteiger charge is 2.26. The van der Waals surface area contributed by atoms with Crippen LogP contribution in [0, 0.1) is 6.92 Å². The lowest BCUT2D eigenvalue weighted by Crippen LogP contribution is -2.38. The van der Waals surface area contributed by atoms with Crippen molar-refractivity contribution in [3.05, 3.63) is 40.3 Å². The molecular formula is C15H16N2O2S. The van der Waals surface area contributed by atoms with Gasteiger partial charge >= 0.3 is 0 Å². The van der Waals surface area contributed by atoms with Gasteiger partial charge in [-0.2, -0.15) is 4.99 Å². The van der Waals surface area contributed by atoms with Crippen LogP contribution in [-0.2, 0) is 9.53 Å². The summed E-state index contributed by atoms with van der Waals surface area (Å²) in [5, 5.41) is 0.803. The lowest BCUT2D eigenvalue weighted by Gasteiger charge is -2.27. The molecule has 1 aromatic carbocycles. The molecule has 0 atom stereocenters. The van der Waals surface area contributed by atoms with Gasteiger partial charge in [0.15, 0.2) is 5.17 Å². The van der Waals surface area contributed by atoms with Gasteiger partial charge in [-0.1, -0.05) is 29.8 Å². The zero-order valence-corrected chi connectivity index (χ0v) is 12.2. The maximum absolute atomic E-state index is 12.0. The molecule has 0 aromatic heterocycles. The van der Waals surface area contributed by atoms with Crippen LogP contribution in [0.2, 0.25) is 0 Å². The number of amides is 1. The Balaban J connectivity index is 1.76. The van der Waals surface area contributed by atoms with E-state index in [9.17, 15) is 4.79 Å². The summed E-state index contributed by atoms with van der Waals surface area (Å²) in [6.07, 6.45) is 1.91. The van der Waals surface area contributed by atoms with Crippen LogP contribution < -0.4 is 0 Å². The number of hydrogen-bond acceptors (Lipinski definition) is 4. The minimum Gasteiger partial charge on any atom is -0.378 e. The van der Waals surface area contributed by atoms with E-state index in [4.69, 9.17) is 4.74 Å². The average Bonchev–Trinajstić information content (AvgIpc) is 2.81. The molecule has 0 saturated carbocycles. The second-order valence-electron chi connectivity index (χ2n) is 4.82. The molecule has 0 bridgehead atoms. The second kappa shape index (κ2) is 5.81. The molecule has 4 nitrogen and oxygen atoms in total. The van der Waals surface area contributed by atoms with Crippen molar-refractivity contribution in [2.45, 2.75) is 6.92 Å². The smallest absolute Gasteiger partial charge is 0.286 e. The normalized spacial score (nSPS) is 21.4. The predicted molar refractivity (Wildman–Crippen MR) is 81.6 cm³/mol. The fourth-order valence-corrected chi connectivity index (χ4v) is 3.16. The molecule has 0 radical (unpaired) electrons. The number of rotatable bonds is 1. The molecule has 0 spiro atoms. The van der Waals surface area contributed by atoms with Crippen molar-refractivity contribution >= 4 is 28.9 Å². The Bertz CT molecular complexity index is 589. The van der Waals surface area contributed by atoms with Crippen LogP contribution in [0.25, 0.3) is 6.08 Å². The monoisotopic (exact) mass is 288 g/mol. The zero-order chi connectivity index (χ0) is 13.9. The van der Waals surface area contributed by atoms with E-state index in [1.807, 2.05) is 31.2 Å². The molecule has 3 rings (SSSR count). The third-order valence-electron chi connectivity index (χ3n) is 3.23. The number of carbonyl (C=O) groups is 1. The number of morpholine rings is 1. The first-order valence-electron chi connectivity index (χ1n) is 6.64. The fraction of sp³-hybridized carbons (Fsp3) is 0.333. The van der Waals surface area contributed by atoms with Crippen molar-refractivity contribution in [2.75, 3.05) is 26.3 Å². The summed E-state index contributed by atoms with van der Waals surface area (Å²) in [6, 6.07) is 8.10. The Labute approximate surface area is 122 Å². The molecule has 0 unspecified atom stereocenters. The topological polar surface area (TPSA) is 41.9 Å². The highest BCUT2D eigenvalue weighted by molar-refractivity contribution is 8.18. The molecular weight excluding hydrogens is 272 g/mol. The molecule has 5 heteroatoms. The number of hydrogen-bond donors (Lipinski definition) is 0. The molecule has 20 heavy (non-hydrogen) atoms. The van der Waals surface area contributed by atoms with Crippen LogP contribution in [0.3, 0.4) is 0 Å². The van der Waals surface area contributed by atoms with Gasteiger partial charge in [0.25, 0.3) is 5.91 Å². The first kappa shape index (κ1) is 13.4. The largest absolute Gasteiger partial charge is 0.378 e. The molecule has 1 amide bonds. The van der Waals surface area contributed by atoms with E-state index in [0.717, 1.165) is 23.8 Å². The number of thioether (sulfide) groups is 1. The molecule has 1 fully saturated rings. The van der Waals surface area contributed by atoms with E-state index in [1.54, 1.807) is 0 Å². The Morgan fingerprint density at radius 1 is 1.35 bits per heavy atom. The van der Waals surface area contributed by atoms with Crippen LogP contribution in [0.5, 0.6) is 0 Å². The Morgan fingerprint density at radius 3 is 2.90 bits per heavy atom. The summed E-state index contributed by atoms with van der Waals surface area (Å²) in [5.41, 5.74) is 2.23. The predicted octanol–water partition coefficient (Wildman–Crippen LogP) is 2.30. The van der Waals surface area contributed by atoms with Crippen molar-refractivity contribution < 1.29 is 9.53 Å². The summed E-state index contributed by atoms with van der Waals surface area (Å²) in [5.74, 6) is -0.141. The van der Waals surface area contributed by atoms with Gasteiger partial charge in [-0.25, -0.2) is 0 Å². The summed E-state index contributed by atoms with van der Waals surface area (Å²) < 4.78 is 5.32. The van der Waals surface area contributed by atoms with Crippen molar-refractivity contribution in [3.8, 4) is 0 Å². The summed E-state index contributed by atoms with van der Waals surface area (Å²) in [7, 11) is 0. The first-order chi connectivity index (χ1) is 9.72. The van der Waals surface area contributed by atoms with Gasteiger partial charge in [-0.05, 0) is 30.3 Å². The van der Waals surface area contributed by atoms with Crippen LogP contribution in [0.1, 0.15) is 11.1 Å². The number of carbonyl (C=O) groups excluding carboxylic acids is 1. The standard InChI is InChI=1S/C15H16N2O2S/c1-11-3-2-4-12(9-11)10-13-14(18)16-15(20-13)17-5-7-19-8-6-17/h2-4,9-10H,5-8H2,1H3/b13-10-. The van der Waals surface area contributed by atoms with Gasteiger partial charge in [0.05, 0.1) is 18.1 Å². The third-order valence-corrected chi connectivity index (χ3v) is 4.28. The quantitative estimate of drug-likeness (QED) is 0.744. The lowest BCUT2D eigenvalue weighted by atomic mass is 10.1. The number of aliphatic imine (C=N–C) groups is 1. The number of nitrogens with zero attached hydrogens (tertiary/aromatic N) is 2. The van der Waals surface area contributed by atoms with Crippen LogP contribution >= 0.6 is 11.8 Å². The maximum atomic E-state index is 12.0. The maximum Gasteiger partial charge on any atom is 0.286 e. The minimum atomic E-state index is -0.141. The van der Waals surface area contributed by atoms with Crippen LogP contribution in [0.4, 0.5) is 0 Å². The highest BCUT2D eigenvalue weighted by Crippen LogP contribution is 2.30. The Morgan fingerprint density at radius 2 is 2.15 bits per heavy atom. The van der Waals surface area contributed by atoms with Crippen molar-refractivity contribution in [2.24, 2.45) is 4.99 Å². The van der Waals surface area contributed by atoms with Crippen molar-refractivity contribution in [3.63, 3.8) is 0 Å². The highest BCUT2D eigenvalue weighted by atomic mass is 32.2. The van der Waals surface area contributed by atoms with E-state index in [1.165, 1.54) is 17.3 Å². The van der Waals surface area contributed by atoms with E-state index >= 15 is 0 Å². The summed E-state index contributed by atoms with van der Waals surface area (Å²) >= 11 is 1.46. The van der Waals surface area contributed by atoms with E-state index < -0.39 is 0 Å². The number of ether oxygens (including phenoxy) is 1. The summed E-state index contributed by atoms with van der Waals surface area (Å²) in [4.78, 5) is 18.9. The second-order valence-corrected chi connectivity index (χ2v) is 5.83. The molecule has 104 valence electrons. The molecule has 0 aliphatic carbocycles. The molecule has 2 heterocycles. The van der Waals surface area contributed by atoms with E-state index in [2.05, 4.69) is 16.0 Å². The molecule has 1 saturated heterocycles. The van der Waals surface area contributed by atoms with Crippen LogP contribution in [-0.4, -0.2) is 42.3 Å². The van der Waals surface area contributed by atoms with Gasteiger partial charge in [0.1, 0.15) is 0 Å². The first-order valence-corrected chi connectivity index (χ1v) is 7.46. The van der Waals surface area contributed by atoms with E-state index in [-0.39, 0.29) is 5.91 Å². The van der Waals surface area contributed by atoms with Crippen molar-refractivity contribution in [1.29, 1.82) is 0 Å². The minimum absolute atomic E-state index is 0.141. The Hall–Kier alpha value is -1.59. The van der Waals surface area contributed by atoms with Gasteiger partial charge in [0.2, 0.25) is 0 Å². The van der Waals surface area contributed by atoms with Gasteiger partial charge in [-0.15, -0.1) is 0 Å². The Kier molecular flexibility index (Phi) is 3.89. The number of aryl methyl sites for hydroxylation is 1. The van der Waals surface area contributed by atoms with Crippen LogP contribution in [0.15, 0.2) is 34.2 Å². The average molecular weight is 288 g/mol. The third kappa shape index (κ3) is 2.94. The van der Waals surface area contributed by atoms with Gasteiger partial charge in [0, 0.05) is 13.1 Å². The summed E-state index contributed by atoms with van der Waals surface area (Å²) in [6.45, 7) is 5.05. The van der Waals surface area contributed by atoms with Gasteiger partial charge < -0.3 is 9.64 Å². The molecule has 2 aliphatic rings. The molecule has 2 aliphatic heterocycles. The van der Waals surface area contributed by atoms with Crippen molar-refractivity contribution in [1.82, 2.24) is 4.90 Å². The lowest BCUT2D eigenvalue weighted by molar-refractivity contribution is -0.113. The van der Waals surface area contributed by atoms with E-state index in [0.29, 0.717) is 18.1 Å². The SMILES string of the molecule is Cc1cccc(/C=C2\SC(N3CCOCC3)=NC2=O)c1. The number of amidine groups is 1. The molecule has 1 aromatic rings. The number of benzene rings is 1. The molecule has 0 N–H and O–H groups in total. The van der Waals surface area contributed by atoms with Gasteiger partial charge in [-0.3, -0.25) is 4.79 Å².